The van der Waals surface area contributed by atoms with Crippen molar-refractivity contribution in [2.45, 2.75) is 25.7 Å². The van der Waals surface area contributed by atoms with Gasteiger partial charge in [0.25, 0.3) is 0 Å². The van der Waals surface area contributed by atoms with Crippen molar-refractivity contribution in [2.24, 2.45) is 0 Å². The SMILES string of the molecule is Cc1cccc(OCC(O)CS(=O)(=O)Cc2ccccc2C)c1. The van der Waals surface area contributed by atoms with E-state index in [9.17, 15) is 13.5 Å². The zero-order chi connectivity index (χ0) is 16.9. The van der Waals surface area contributed by atoms with Crippen LogP contribution in [0.1, 0.15) is 16.7 Å². The molecule has 2 aromatic rings. The second kappa shape index (κ2) is 7.62. The van der Waals surface area contributed by atoms with Crippen LogP contribution >= 0.6 is 0 Å². The van der Waals surface area contributed by atoms with Gasteiger partial charge in [-0.15, -0.1) is 0 Å². The Morgan fingerprint density at radius 1 is 1.09 bits per heavy atom. The Morgan fingerprint density at radius 3 is 2.52 bits per heavy atom. The average Bonchev–Trinajstić information content (AvgIpc) is 2.47. The van der Waals surface area contributed by atoms with E-state index in [4.69, 9.17) is 4.74 Å². The van der Waals surface area contributed by atoms with Crippen molar-refractivity contribution in [2.75, 3.05) is 12.4 Å². The number of rotatable bonds is 7. The molecule has 0 aliphatic carbocycles. The van der Waals surface area contributed by atoms with E-state index in [0.29, 0.717) is 5.75 Å². The minimum absolute atomic E-state index is 0.0452. The minimum Gasteiger partial charge on any atom is -0.491 e. The predicted octanol–water partition coefficient (Wildman–Crippen LogP) is 2.66. The molecule has 0 heterocycles. The Balaban J connectivity index is 1.91. The zero-order valence-electron chi connectivity index (χ0n) is 13.4. The van der Waals surface area contributed by atoms with Crippen LogP contribution in [-0.4, -0.2) is 32.0 Å². The summed E-state index contributed by atoms with van der Waals surface area (Å²) in [6.07, 6.45) is -1.05. The van der Waals surface area contributed by atoms with E-state index in [1.807, 2.05) is 50.2 Å². The first-order valence-corrected chi connectivity index (χ1v) is 9.30. The summed E-state index contributed by atoms with van der Waals surface area (Å²) in [7, 11) is -3.40. The average molecular weight is 334 g/mol. The molecule has 0 fully saturated rings. The van der Waals surface area contributed by atoms with Gasteiger partial charge in [-0.1, -0.05) is 36.4 Å². The molecule has 2 rings (SSSR count). The lowest BCUT2D eigenvalue weighted by atomic mass is 10.1. The summed E-state index contributed by atoms with van der Waals surface area (Å²) in [6, 6.07) is 14.8. The van der Waals surface area contributed by atoms with Crippen molar-refractivity contribution in [3.05, 3.63) is 65.2 Å². The van der Waals surface area contributed by atoms with E-state index >= 15 is 0 Å². The maximum Gasteiger partial charge on any atom is 0.157 e. The monoisotopic (exact) mass is 334 g/mol. The van der Waals surface area contributed by atoms with Crippen molar-refractivity contribution in [3.8, 4) is 5.75 Å². The lowest BCUT2D eigenvalue weighted by Gasteiger charge is -2.14. The first-order chi connectivity index (χ1) is 10.9. The fourth-order valence-corrected chi connectivity index (χ4v) is 3.90. The summed E-state index contributed by atoms with van der Waals surface area (Å²) in [6.45, 7) is 3.77. The molecule has 0 aliphatic rings. The van der Waals surface area contributed by atoms with E-state index in [1.54, 1.807) is 12.1 Å². The lowest BCUT2D eigenvalue weighted by Crippen LogP contribution is -2.28. The summed E-state index contributed by atoms with van der Waals surface area (Å²) in [5.41, 5.74) is 2.74. The van der Waals surface area contributed by atoms with Crippen LogP contribution in [0.2, 0.25) is 0 Å². The molecule has 1 N–H and O–H groups in total. The van der Waals surface area contributed by atoms with Crippen LogP contribution < -0.4 is 4.74 Å². The maximum atomic E-state index is 12.2. The van der Waals surface area contributed by atoms with Crippen molar-refractivity contribution in [3.63, 3.8) is 0 Å². The molecule has 0 radical (unpaired) electrons. The molecule has 4 nitrogen and oxygen atoms in total. The summed E-state index contributed by atoms with van der Waals surface area (Å²) >= 11 is 0. The number of sulfone groups is 1. The maximum absolute atomic E-state index is 12.2. The first-order valence-electron chi connectivity index (χ1n) is 7.48. The molecule has 1 unspecified atom stereocenters. The number of ether oxygens (including phenoxy) is 1. The van der Waals surface area contributed by atoms with Gasteiger partial charge >= 0.3 is 0 Å². The van der Waals surface area contributed by atoms with Crippen LogP contribution in [0, 0.1) is 13.8 Å². The molecule has 0 spiro atoms. The van der Waals surface area contributed by atoms with Crippen molar-refractivity contribution in [1.29, 1.82) is 0 Å². The number of hydrogen-bond acceptors (Lipinski definition) is 4. The summed E-state index contributed by atoms with van der Waals surface area (Å²) < 4.78 is 29.9. The van der Waals surface area contributed by atoms with Crippen molar-refractivity contribution >= 4 is 9.84 Å². The number of aryl methyl sites for hydroxylation is 2. The summed E-state index contributed by atoms with van der Waals surface area (Å²) in [5, 5.41) is 9.96. The highest BCUT2D eigenvalue weighted by atomic mass is 32.2. The third kappa shape index (κ3) is 5.69. The van der Waals surface area contributed by atoms with E-state index in [1.165, 1.54) is 0 Å². The van der Waals surface area contributed by atoms with Gasteiger partial charge in [-0.3, -0.25) is 0 Å². The first kappa shape index (κ1) is 17.5. The second-order valence-electron chi connectivity index (χ2n) is 5.76. The highest BCUT2D eigenvalue weighted by Gasteiger charge is 2.19. The number of hydrogen-bond donors (Lipinski definition) is 1. The van der Waals surface area contributed by atoms with Crippen LogP contribution in [0.25, 0.3) is 0 Å². The second-order valence-corrected chi connectivity index (χ2v) is 7.87. The van der Waals surface area contributed by atoms with Crippen LogP contribution in [0.3, 0.4) is 0 Å². The van der Waals surface area contributed by atoms with Crippen LogP contribution in [0.15, 0.2) is 48.5 Å². The largest absolute Gasteiger partial charge is 0.491 e. The van der Waals surface area contributed by atoms with Gasteiger partial charge in [0, 0.05) is 0 Å². The molecule has 2 aromatic carbocycles. The summed E-state index contributed by atoms with van der Waals surface area (Å²) in [4.78, 5) is 0. The van der Waals surface area contributed by atoms with E-state index < -0.39 is 15.9 Å². The molecule has 0 amide bonds. The fraction of sp³-hybridized carbons (Fsp3) is 0.333. The third-order valence-corrected chi connectivity index (χ3v) is 5.16. The van der Waals surface area contributed by atoms with Gasteiger partial charge in [-0.25, -0.2) is 8.42 Å². The Labute approximate surface area is 137 Å². The molecular formula is C18H22O4S. The van der Waals surface area contributed by atoms with Crippen molar-refractivity contribution < 1.29 is 18.3 Å². The molecular weight excluding hydrogens is 312 g/mol. The Morgan fingerprint density at radius 2 is 1.83 bits per heavy atom. The topological polar surface area (TPSA) is 63.6 Å². The van der Waals surface area contributed by atoms with Gasteiger partial charge in [0.1, 0.15) is 18.5 Å². The summed E-state index contributed by atoms with van der Waals surface area (Å²) in [5.74, 6) is 0.245. The minimum atomic E-state index is -3.40. The smallest absolute Gasteiger partial charge is 0.157 e. The molecule has 0 aliphatic heterocycles. The third-order valence-electron chi connectivity index (χ3n) is 3.51. The Kier molecular flexibility index (Phi) is 5.80. The fourth-order valence-electron chi connectivity index (χ4n) is 2.31. The van der Waals surface area contributed by atoms with Gasteiger partial charge in [0.05, 0.1) is 11.5 Å². The highest BCUT2D eigenvalue weighted by molar-refractivity contribution is 7.90. The van der Waals surface area contributed by atoms with Crippen LogP contribution in [-0.2, 0) is 15.6 Å². The normalized spacial score (nSPS) is 12.8. The Bertz CT molecular complexity index is 753. The van der Waals surface area contributed by atoms with Gasteiger partial charge in [-0.2, -0.15) is 0 Å². The van der Waals surface area contributed by atoms with E-state index in [2.05, 4.69) is 0 Å². The highest BCUT2D eigenvalue weighted by Crippen LogP contribution is 2.15. The van der Waals surface area contributed by atoms with E-state index in [-0.39, 0.29) is 18.1 Å². The number of aliphatic hydroxyl groups excluding tert-OH is 1. The molecule has 1 atom stereocenters. The molecule has 23 heavy (non-hydrogen) atoms. The van der Waals surface area contributed by atoms with Crippen LogP contribution in [0.4, 0.5) is 0 Å². The van der Waals surface area contributed by atoms with Gasteiger partial charge < -0.3 is 9.84 Å². The lowest BCUT2D eigenvalue weighted by molar-refractivity contribution is 0.125. The zero-order valence-corrected chi connectivity index (χ0v) is 14.2. The van der Waals surface area contributed by atoms with Crippen molar-refractivity contribution in [1.82, 2.24) is 0 Å². The molecule has 0 saturated carbocycles. The molecule has 5 heteroatoms. The number of aliphatic hydroxyl groups is 1. The van der Waals surface area contributed by atoms with Gasteiger partial charge in [0.2, 0.25) is 0 Å². The van der Waals surface area contributed by atoms with Gasteiger partial charge in [-0.05, 0) is 42.7 Å². The molecule has 0 aromatic heterocycles. The van der Waals surface area contributed by atoms with Crippen LogP contribution in [0.5, 0.6) is 5.75 Å². The molecule has 0 bridgehead atoms. The van der Waals surface area contributed by atoms with Gasteiger partial charge in [0.15, 0.2) is 9.84 Å². The predicted molar refractivity (Wildman–Crippen MR) is 91.4 cm³/mol. The van der Waals surface area contributed by atoms with E-state index in [0.717, 1.165) is 16.7 Å². The quantitative estimate of drug-likeness (QED) is 0.845. The molecule has 0 saturated heterocycles. The number of benzene rings is 2. The standard InChI is InChI=1S/C18H22O4S/c1-14-6-5-9-18(10-14)22-11-17(19)13-23(20,21)12-16-8-4-3-7-15(16)2/h3-10,17,19H,11-13H2,1-2H3. The Hall–Kier alpha value is -1.85. The molecule has 124 valence electrons.